The Morgan fingerprint density at radius 2 is 2.00 bits per heavy atom. The van der Waals surface area contributed by atoms with Crippen molar-refractivity contribution >= 4 is 22.7 Å². The molecule has 0 unspecified atom stereocenters. The summed E-state index contributed by atoms with van der Waals surface area (Å²) in [5.74, 6) is -0.404. The van der Waals surface area contributed by atoms with Gasteiger partial charge in [-0.3, -0.25) is 4.98 Å². The van der Waals surface area contributed by atoms with Crippen LogP contribution in [0.15, 0.2) is 60.8 Å². The number of nitrogens with one attached hydrogen (secondary N) is 1. The number of fused-ring (bicyclic) bond motifs is 1. The Morgan fingerprint density at radius 1 is 1.12 bits per heavy atom. The van der Waals surface area contributed by atoms with Gasteiger partial charge >= 0.3 is 5.97 Å². The molecule has 0 amide bonds. The van der Waals surface area contributed by atoms with E-state index in [1.165, 1.54) is 7.11 Å². The first-order chi connectivity index (χ1) is 12.8. The third-order valence-corrected chi connectivity index (χ3v) is 4.06. The molecule has 0 bridgehead atoms. The van der Waals surface area contributed by atoms with Crippen molar-refractivity contribution in [1.82, 2.24) is 20.3 Å². The van der Waals surface area contributed by atoms with Gasteiger partial charge in [0.05, 0.1) is 35.1 Å². The molecule has 26 heavy (non-hydrogen) atoms. The maximum absolute atomic E-state index is 11.8. The van der Waals surface area contributed by atoms with Crippen LogP contribution in [-0.4, -0.2) is 34.6 Å². The van der Waals surface area contributed by atoms with E-state index < -0.39 is 5.97 Å². The number of hydrogen-bond acceptors (Lipinski definition) is 6. The van der Waals surface area contributed by atoms with Crippen LogP contribution in [0.5, 0.6) is 0 Å². The second-order valence-electron chi connectivity index (χ2n) is 5.72. The van der Waals surface area contributed by atoms with Crippen LogP contribution in [0, 0.1) is 0 Å². The quantitative estimate of drug-likeness (QED) is 0.736. The molecule has 6 nitrogen and oxygen atoms in total. The van der Waals surface area contributed by atoms with Crippen LogP contribution in [0.4, 0.5) is 0 Å². The summed E-state index contributed by atoms with van der Waals surface area (Å²) in [6, 6.07) is 10.8. The highest BCUT2D eigenvalue weighted by atomic mass is 16.5. The highest BCUT2D eigenvalue weighted by molar-refractivity contribution is 5.94. The van der Waals surface area contributed by atoms with Gasteiger partial charge in [0.1, 0.15) is 11.4 Å². The largest absolute Gasteiger partial charge is 0.465 e. The van der Waals surface area contributed by atoms with Gasteiger partial charge in [-0.15, -0.1) is 0 Å². The van der Waals surface area contributed by atoms with Gasteiger partial charge in [0, 0.05) is 12.7 Å². The van der Waals surface area contributed by atoms with Crippen molar-refractivity contribution in [2.75, 3.05) is 13.7 Å². The number of dihydropyridines is 1. The van der Waals surface area contributed by atoms with Crippen molar-refractivity contribution in [3.63, 3.8) is 0 Å². The maximum atomic E-state index is 11.8. The second-order valence-corrected chi connectivity index (χ2v) is 5.72. The highest BCUT2D eigenvalue weighted by Crippen LogP contribution is 2.27. The van der Waals surface area contributed by atoms with E-state index in [1.807, 2.05) is 36.4 Å². The Hall–Kier alpha value is -3.54. The fourth-order valence-electron chi connectivity index (χ4n) is 2.79. The molecule has 2 aromatic heterocycles. The van der Waals surface area contributed by atoms with Gasteiger partial charge in [-0.1, -0.05) is 18.2 Å². The zero-order valence-electron chi connectivity index (χ0n) is 14.1. The first-order valence-corrected chi connectivity index (χ1v) is 8.19. The Kier molecular flexibility index (Phi) is 4.15. The smallest absolute Gasteiger partial charge is 0.337 e. The van der Waals surface area contributed by atoms with E-state index in [0.717, 1.165) is 23.6 Å². The van der Waals surface area contributed by atoms with Gasteiger partial charge in [-0.25, -0.2) is 14.8 Å². The molecule has 3 heterocycles. The lowest BCUT2D eigenvalue weighted by molar-refractivity contribution is 0.0601. The summed E-state index contributed by atoms with van der Waals surface area (Å²) in [5.41, 5.74) is 4.75. The molecule has 0 spiro atoms. The monoisotopic (exact) mass is 344 g/mol. The summed E-state index contributed by atoms with van der Waals surface area (Å²) >= 11 is 0. The molecule has 128 valence electrons. The number of methoxy groups -OCH3 is 1. The number of pyridine rings is 1. The number of benzene rings is 1. The van der Waals surface area contributed by atoms with Gasteiger partial charge in [-0.2, -0.15) is 0 Å². The molecule has 3 aromatic rings. The minimum Gasteiger partial charge on any atom is -0.465 e. The number of carbonyl (C=O) groups excluding carboxylic acids is 1. The van der Waals surface area contributed by atoms with Gasteiger partial charge in [0.25, 0.3) is 0 Å². The zero-order valence-corrected chi connectivity index (χ0v) is 14.1. The van der Waals surface area contributed by atoms with Crippen LogP contribution in [0.25, 0.3) is 28.1 Å². The normalized spacial score (nSPS) is 13.2. The molecule has 0 aliphatic carbocycles. The van der Waals surface area contributed by atoms with Crippen molar-refractivity contribution in [1.29, 1.82) is 0 Å². The lowest BCUT2D eigenvalue weighted by Crippen LogP contribution is -2.16. The van der Waals surface area contributed by atoms with Gasteiger partial charge in [0.2, 0.25) is 0 Å². The Balaban J connectivity index is 1.95. The van der Waals surface area contributed by atoms with Gasteiger partial charge in [-0.05, 0) is 36.4 Å². The molecule has 0 radical (unpaired) electrons. The summed E-state index contributed by atoms with van der Waals surface area (Å²) in [5, 5.41) is 3.32. The summed E-state index contributed by atoms with van der Waals surface area (Å²) in [6.07, 6.45) is 7.70. The van der Waals surface area contributed by atoms with Crippen molar-refractivity contribution in [3.8, 4) is 11.4 Å². The molecule has 0 atom stereocenters. The maximum Gasteiger partial charge on any atom is 0.337 e. The molecule has 1 aliphatic rings. The Bertz CT molecular complexity index is 1040. The van der Waals surface area contributed by atoms with Crippen molar-refractivity contribution in [2.45, 2.75) is 0 Å². The lowest BCUT2D eigenvalue weighted by Gasteiger charge is -2.15. The highest BCUT2D eigenvalue weighted by Gasteiger charge is 2.17. The molecule has 6 heteroatoms. The van der Waals surface area contributed by atoms with Crippen molar-refractivity contribution < 1.29 is 9.53 Å². The summed E-state index contributed by atoms with van der Waals surface area (Å²) < 4.78 is 4.79. The van der Waals surface area contributed by atoms with Crippen LogP contribution in [0.1, 0.15) is 16.1 Å². The predicted octanol–water partition coefficient (Wildman–Crippen LogP) is 2.98. The molecule has 1 aliphatic heterocycles. The Labute approximate surface area is 150 Å². The number of hydrogen-bond donors (Lipinski definition) is 1. The Morgan fingerprint density at radius 3 is 2.73 bits per heavy atom. The van der Waals surface area contributed by atoms with E-state index in [4.69, 9.17) is 14.7 Å². The van der Waals surface area contributed by atoms with Gasteiger partial charge in [0.15, 0.2) is 0 Å². The molecule has 0 saturated carbocycles. The third-order valence-electron chi connectivity index (χ3n) is 4.06. The van der Waals surface area contributed by atoms with E-state index in [1.54, 1.807) is 24.4 Å². The summed E-state index contributed by atoms with van der Waals surface area (Å²) in [7, 11) is 1.36. The number of ether oxygens (including phenoxy) is 1. The SMILES string of the molecule is COC(=O)c1ccc2nc(C3=CC=CCN3)c(-c3ccccn3)nc2c1. The molecular weight excluding hydrogens is 328 g/mol. The van der Waals surface area contributed by atoms with E-state index >= 15 is 0 Å². The second kappa shape index (κ2) is 6.76. The number of esters is 1. The van der Waals surface area contributed by atoms with Crippen LogP contribution >= 0.6 is 0 Å². The van der Waals surface area contributed by atoms with Crippen molar-refractivity contribution in [3.05, 3.63) is 72.1 Å². The predicted molar refractivity (Wildman–Crippen MR) is 99.2 cm³/mol. The van der Waals surface area contributed by atoms with Crippen LogP contribution in [-0.2, 0) is 4.74 Å². The topological polar surface area (TPSA) is 77.0 Å². The van der Waals surface area contributed by atoms with E-state index in [-0.39, 0.29) is 0 Å². The molecule has 0 saturated heterocycles. The fraction of sp³-hybridized carbons (Fsp3) is 0.100. The molecule has 0 fully saturated rings. The first kappa shape index (κ1) is 16.0. The molecule has 4 rings (SSSR count). The summed E-state index contributed by atoms with van der Waals surface area (Å²) in [6.45, 7) is 0.731. The molecular formula is C20H16N4O2. The van der Waals surface area contributed by atoms with E-state index in [9.17, 15) is 4.79 Å². The zero-order chi connectivity index (χ0) is 17.9. The van der Waals surface area contributed by atoms with Crippen LogP contribution in [0.3, 0.4) is 0 Å². The number of rotatable bonds is 3. The third kappa shape index (κ3) is 2.93. The van der Waals surface area contributed by atoms with Gasteiger partial charge < -0.3 is 10.1 Å². The number of allylic oxidation sites excluding steroid dienone is 2. The number of aromatic nitrogens is 3. The molecule has 1 aromatic carbocycles. The summed E-state index contributed by atoms with van der Waals surface area (Å²) in [4.78, 5) is 25.8. The standard InChI is InChI=1S/C20H16N4O2/c1-26-20(25)13-8-9-14-17(12-13)24-19(16-7-3-5-11-22-16)18(23-14)15-6-2-4-10-21-15/h2-9,11-12,21H,10H2,1H3. The van der Waals surface area contributed by atoms with E-state index in [2.05, 4.69) is 10.3 Å². The average Bonchev–Trinajstić information content (AvgIpc) is 2.73. The van der Waals surface area contributed by atoms with Crippen molar-refractivity contribution in [2.24, 2.45) is 0 Å². The van der Waals surface area contributed by atoms with E-state index in [0.29, 0.717) is 22.3 Å². The fourth-order valence-corrected chi connectivity index (χ4v) is 2.79. The minimum absolute atomic E-state index is 0.404. The van der Waals surface area contributed by atoms with Crippen LogP contribution < -0.4 is 5.32 Å². The molecule has 1 N–H and O–H groups in total. The van der Waals surface area contributed by atoms with Crippen LogP contribution in [0.2, 0.25) is 0 Å². The lowest BCUT2D eigenvalue weighted by atomic mass is 10.1. The number of carbonyl (C=O) groups is 1. The average molecular weight is 344 g/mol. The minimum atomic E-state index is -0.404. The number of nitrogens with zero attached hydrogens (tertiary/aromatic N) is 3. The first-order valence-electron chi connectivity index (χ1n) is 8.19.